The molecule has 0 aromatic heterocycles. The van der Waals surface area contributed by atoms with Crippen molar-refractivity contribution in [2.75, 3.05) is 38.2 Å². The fraction of sp³-hybridized carbons (Fsp3) is 0.345. The quantitative estimate of drug-likeness (QED) is 0.435. The van der Waals surface area contributed by atoms with Crippen LogP contribution in [0.25, 0.3) is 0 Å². The number of para-hydroxylation sites is 2. The molecule has 0 radical (unpaired) electrons. The highest BCUT2D eigenvalue weighted by Crippen LogP contribution is 2.29. The van der Waals surface area contributed by atoms with Crippen molar-refractivity contribution in [1.82, 2.24) is 4.90 Å². The van der Waals surface area contributed by atoms with Crippen LogP contribution in [0.2, 0.25) is 0 Å². The van der Waals surface area contributed by atoms with E-state index in [2.05, 4.69) is 11.8 Å². The SMILES string of the molecule is CCCc1ccc(CS(=O)(=O)c2ccc(C)c(C(=O)N3CCN(c4ccccc4OC)CC3)c2)cc1. The lowest BCUT2D eigenvalue weighted by Gasteiger charge is -2.36. The van der Waals surface area contributed by atoms with Crippen molar-refractivity contribution in [3.63, 3.8) is 0 Å². The summed E-state index contributed by atoms with van der Waals surface area (Å²) in [5.74, 6) is 0.590. The van der Waals surface area contributed by atoms with Crippen molar-refractivity contribution < 1.29 is 17.9 Å². The van der Waals surface area contributed by atoms with Crippen molar-refractivity contribution >= 4 is 21.4 Å². The van der Waals surface area contributed by atoms with E-state index < -0.39 is 9.84 Å². The Balaban J connectivity index is 1.47. The van der Waals surface area contributed by atoms with Crippen molar-refractivity contribution in [3.05, 3.63) is 89.0 Å². The van der Waals surface area contributed by atoms with Gasteiger partial charge in [0.1, 0.15) is 5.75 Å². The molecule has 0 spiro atoms. The van der Waals surface area contributed by atoms with Gasteiger partial charge in [0.15, 0.2) is 9.84 Å². The molecule has 0 unspecified atom stereocenters. The van der Waals surface area contributed by atoms with Gasteiger partial charge in [-0.25, -0.2) is 8.42 Å². The Labute approximate surface area is 214 Å². The number of methoxy groups -OCH3 is 1. The van der Waals surface area contributed by atoms with Gasteiger partial charge in [0, 0.05) is 31.7 Å². The molecule has 4 rings (SSSR count). The molecule has 6 nitrogen and oxygen atoms in total. The van der Waals surface area contributed by atoms with Gasteiger partial charge in [-0.2, -0.15) is 0 Å². The van der Waals surface area contributed by atoms with Crippen LogP contribution in [0.4, 0.5) is 5.69 Å². The van der Waals surface area contributed by atoms with Gasteiger partial charge in [0.2, 0.25) is 0 Å². The minimum Gasteiger partial charge on any atom is -0.495 e. The molecule has 3 aromatic rings. The molecule has 1 fully saturated rings. The van der Waals surface area contributed by atoms with Crippen molar-refractivity contribution in [2.45, 2.75) is 37.3 Å². The largest absolute Gasteiger partial charge is 0.495 e. The van der Waals surface area contributed by atoms with Crippen LogP contribution < -0.4 is 9.64 Å². The summed E-state index contributed by atoms with van der Waals surface area (Å²) in [5.41, 5.74) is 4.18. The number of carbonyl (C=O) groups is 1. The molecule has 1 aliphatic rings. The second-order valence-electron chi connectivity index (χ2n) is 9.25. The van der Waals surface area contributed by atoms with Gasteiger partial charge in [-0.15, -0.1) is 0 Å². The molecular formula is C29H34N2O4S. The second kappa shape index (κ2) is 11.2. The normalized spacial score (nSPS) is 14.1. The number of hydrogen-bond acceptors (Lipinski definition) is 5. The van der Waals surface area contributed by atoms with Gasteiger partial charge in [0.05, 0.1) is 23.4 Å². The molecule has 7 heteroatoms. The Hall–Kier alpha value is -3.32. The minimum atomic E-state index is -3.59. The van der Waals surface area contributed by atoms with E-state index in [-0.39, 0.29) is 16.6 Å². The monoisotopic (exact) mass is 506 g/mol. The standard InChI is InChI=1S/C29H34N2O4S/c1-4-7-23-11-13-24(14-12-23)21-36(33,34)25-15-10-22(2)26(20-25)29(32)31-18-16-30(17-19-31)27-8-5-6-9-28(27)35-3/h5-6,8-15,20H,4,7,16-19,21H2,1-3H3. The summed E-state index contributed by atoms with van der Waals surface area (Å²) in [6, 6.07) is 20.5. The Morgan fingerprint density at radius 3 is 2.25 bits per heavy atom. The predicted octanol–water partition coefficient (Wildman–Crippen LogP) is 4.89. The number of ether oxygens (including phenoxy) is 1. The lowest BCUT2D eigenvalue weighted by molar-refractivity contribution is 0.0745. The first kappa shape index (κ1) is 25.8. The Morgan fingerprint density at radius 1 is 0.917 bits per heavy atom. The summed E-state index contributed by atoms with van der Waals surface area (Å²) in [4.78, 5) is 17.6. The molecule has 1 saturated heterocycles. The lowest BCUT2D eigenvalue weighted by Crippen LogP contribution is -2.49. The van der Waals surface area contributed by atoms with Crippen LogP contribution in [0, 0.1) is 6.92 Å². The molecule has 0 N–H and O–H groups in total. The van der Waals surface area contributed by atoms with Crippen LogP contribution in [0.5, 0.6) is 5.75 Å². The van der Waals surface area contributed by atoms with Crippen LogP contribution >= 0.6 is 0 Å². The number of rotatable bonds is 8. The first-order chi connectivity index (χ1) is 17.3. The Kier molecular flexibility index (Phi) is 7.99. The highest BCUT2D eigenvalue weighted by molar-refractivity contribution is 7.90. The van der Waals surface area contributed by atoms with Gasteiger partial charge < -0.3 is 14.5 Å². The number of benzene rings is 3. The summed E-state index contributed by atoms with van der Waals surface area (Å²) >= 11 is 0. The van der Waals surface area contributed by atoms with E-state index in [1.165, 1.54) is 5.56 Å². The number of anilines is 1. The molecule has 190 valence electrons. The maximum Gasteiger partial charge on any atom is 0.254 e. The van der Waals surface area contributed by atoms with E-state index in [1.807, 2.05) is 55.5 Å². The highest BCUT2D eigenvalue weighted by atomic mass is 32.2. The maximum atomic E-state index is 13.4. The number of piperazine rings is 1. The number of nitrogens with zero attached hydrogens (tertiary/aromatic N) is 2. The smallest absolute Gasteiger partial charge is 0.254 e. The highest BCUT2D eigenvalue weighted by Gasteiger charge is 2.26. The average molecular weight is 507 g/mol. The van der Waals surface area contributed by atoms with E-state index in [1.54, 1.807) is 30.2 Å². The molecule has 0 bridgehead atoms. The fourth-order valence-corrected chi connectivity index (χ4v) is 6.00. The first-order valence-electron chi connectivity index (χ1n) is 12.4. The number of amides is 1. The number of sulfone groups is 1. The predicted molar refractivity (Wildman–Crippen MR) is 144 cm³/mol. The van der Waals surface area contributed by atoms with Crippen LogP contribution in [0.15, 0.2) is 71.6 Å². The van der Waals surface area contributed by atoms with Crippen LogP contribution in [0.3, 0.4) is 0 Å². The molecule has 0 aliphatic carbocycles. The van der Waals surface area contributed by atoms with Crippen molar-refractivity contribution in [2.24, 2.45) is 0 Å². The van der Waals surface area contributed by atoms with Crippen LogP contribution in [-0.2, 0) is 22.0 Å². The molecule has 1 aliphatic heterocycles. The van der Waals surface area contributed by atoms with Crippen LogP contribution in [0.1, 0.15) is 40.4 Å². The summed E-state index contributed by atoms with van der Waals surface area (Å²) < 4.78 is 31.9. The van der Waals surface area contributed by atoms with E-state index in [9.17, 15) is 13.2 Å². The van der Waals surface area contributed by atoms with Gasteiger partial charge >= 0.3 is 0 Å². The number of aryl methyl sites for hydroxylation is 2. The van der Waals surface area contributed by atoms with Gasteiger partial charge in [0.25, 0.3) is 5.91 Å². The minimum absolute atomic E-state index is 0.0896. The van der Waals surface area contributed by atoms with E-state index in [0.717, 1.165) is 35.4 Å². The zero-order valence-electron chi connectivity index (χ0n) is 21.2. The van der Waals surface area contributed by atoms with Crippen molar-refractivity contribution in [3.8, 4) is 5.75 Å². The topological polar surface area (TPSA) is 66.9 Å². The second-order valence-corrected chi connectivity index (χ2v) is 11.2. The molecule has 3 aromatic carbocycles. The summed E-state index contributed by atoms with van der Waals surface area (Å²) in [5, 5.41) is 0. The molecule has 36 heavy (non-hydrogen) atoms. The zero-order chi connectivity index (χ0) is 25.7. The third-order valence-corrected chi connectivity index (χ3v) is 8.40. The van der Waals surface area contributed by atoms with E-state index >= 15 is 0 Å². The maximum absolute atomic E-state index is 13.4. The van der Waals surface area contributed by atoms with Crippen LogP contribution in [-0.4, -0.2) is 52.5 Å². The van der Waals surface area contributed by atoms with E-state index in [0.29, 0.717) is 31.7 Å². The third kappa shape index (κ3) is 5.73. The van der Waals surface area contributed by atoms with Gasteiger partial charge in [-0.3, -0.25) is 4.79 Å². The van der Waals surface area contributed by atoms with Gasteiger partial charge in [-0.1, -0.05) is 55.8 Å². The molecule has 0 saturated carbocycles. The third-order valence-electron chi connectivity index (χ3n) is 6.71. The molecule has 1 amide bonds. The molecule has 0 atom stereocenters. The first-order valence-corrected chi connectivity index (χ1v) is 14.1. The number of hydrogen-bond donors (Lipinski definition) is 0. The Bertz CT molecular complexity index is 1310. The lowest BCUT2D eigenvalue weighted by atomic mass is 10.1. The summed E-state index contributed by atoms with van der Waals surface area (Å²) in [7, 11) is -1.93. The fourth-order valence-electron chi connectivity index (χ4n) is 4.63. The zero-order valence-corrected chi connectivity index (χ0v) is 22.1. The summed E-state index contributed by atoms with van der Waals surface area (Å²) in [6.07, 6.45) is 2.02. The van der Waals surface area contributed by atoms with Gasteiger partial charge in [-0.05, 0) is 54.3 Å². The van der Waals surface area contributed by atoms with Crippen molar-refractivity contribution in [1.29, 1.82) is 0 Å². The average Bonchev–Trinajstić information content (AvgIpc) is 2.89. The number of carbonyl (C=O) groups excluding carboxylic acids is 1. The molecule has 1 heterocycles. The summed E-state index contributed by atoms with van der Waals surface area (Å²) in [6.45, 7) is 6.43. The van der Waals surface area contributed by atoms with E-state index in [4.69, 9.17) is 4.74 Å². The molecular weight excluding hydrogens is 472 g/mol. The Morgan fingerprint density at radius 2 is 1.58 bits per heavy atom.